The zero-order chi connectivity index (χ0) is 16.5. The Hall–Kier alpha value is -1.72. The first-order chi connectivity index (χ1) is 11.2. The van der Waals surface area contributed by atoms with Crippen molar-refractivity contribution in [2.24, 2.45) is 0 Å². The number of hydrogen-bond donors (Lipinski definition) is 0. The number of pyridine rings is 1. The highest BCUT2D eigenvalue weighted by Gasteiger charge is 2.18. The van der Waals surface area contributed by atoms with Crippen molar-refractivity contribution in [1.82, 2.24) is 4.98 Å². The van der Waals surface area contributed by atoms with Gasteiger partial charge >= 0.3 is 0 Å². The molecular formula is C18H21BrN2O2. The van der Waals surface area contributed by atoms with Gasteiger partial charge in [0.15, 0.2) is 0 Å². The van der Waals surface area contributed by atoms with Crippen LogP contribution in [0.25, 0.3) is 0 Å². The van der Waals surface area contributed by atoms with Gasteiger partial charge in [-0.2, -0.15) is 0 Å². The SMILES string of the molecule is CCCCOCCN(C(=O)c1cccnc1)c1cccc(Br)c1. The van der Waals surface area contributed by atoms with Crippen LogP contribution in [0.15, 0.2) is 53.3 Å². The first-order valence-electron chi connectivity index (χ1n) is 7.77. The molecule has 0 aliphatic rings. The van der Waals surface area contributed by atoms with E-state index in [1.54, 1.807) is 29.4 Å². The van der Waals surface area contributed by atoms with E-state index in [4.69, 9.17) is 4.74 Å². The minimum Gasteiger partial charge on any atom is -0.380 e. The van der Waals surface area contributed by atoms with Crippen molar-refractivity contribution in [1.29, 1.82) is 0 Å². The predicted octanol–water partition coefficient (Wildman–Crippen LogP) is 4.31. The van der Waals surface area contributed by atoms with E-state index in [-0.39, 0.29) is 5.91 Å². The quantitative estimate of drug-likeness (QED) is 0.644. The normalized spacial score (nSPS) is 10.5. The highest BCUT2D eigenvalue weighted by molar-refractivity contribution is 9.10. The number of benzene rings is 1. The van der Waals surface area contributed by atoms with E-state index < -0.39 is 0 Å². The molecular weight excluding hydrogens is 356 g/mol. The number of carbonyl (C=O) groups excluding carboxylic acids is 1. The van der Waals surface area contributed by atoms with Gasteiger partial charge in [-0.25, -0.2) is 0 Å². The molecule has 0 bridgehead atoms. The maximum Gasteiger partial charge on any atom is 0.259 e. The highest BCUT2D eigenvalue weighted by Crippen LogP contribution is 2.21. The van der Waals surface area contributed by atoms with Gasteiger partial charge in [0.25, 0.3) is 5.91 Å². The van der Waals surface area contributed by atoms with Crippen LogP contribution in [0.3, 0.4) is 0 Å². The van der Waals surface area contributed by atoms with E-state index >= 15 is 0 Å². The number of anilines is 1. The Morgan fingerprint density at radius 3 is 2.83 bits per heavy atom. The summed E-state index contributed by atoms with van der Waals surface area (Å²) in [5, 5.41) is 0. The Balaban J connectivity index is 2.12. The van der Waals surface area contributed by atoms with Gasteiger partial charge in [0.1, 0.15) is 0 Å². The van der Waals surface area contributed by atoms with Crippen molar-refractivity contribution in [3.63, 3.8) is 0 Å². The largest absolute Gasteiger partial charge is 0.380 e. The summed E-state index contributed by atoms with van der Waals surface area (Å²) in [5.74, 6) is -0.0738. The zero-order valence-electron chi connectivity index (χ0n) is 13.2. The van der Waals surface area contributed by atoms with Crippen LogP contribution in [0.2, 0.25) is 0 Å². The van der Waals surface area contributed by atoms with Gasteiger partial charge < -0.3 is 9.64 Å². The van der Waals surface area contributed by atoms with Crippen molar-refractivity contribution < 1.29 is 9.53 Å². The summed E-state index contributed by atoms with van der Waals surface area (Å²) in [4.78, 5) is 18.6. The molecule has 2 aromatic rings. The van der Waals surface area contributed by atoms with Crippen LogP contribution in [-0.2, 0) is 4.74 Å². The molecule has 0 spiro atoms. The van der Waals surface area contributed by atoms with E-state index in [0.717, 1.165) is 29.6 Å². The van der Waals surface area contributed by atoms with Gasteiger partial charge in [-0.3, -0.25) is 9.78 Å². The van der Waals surface area contributed by atoms with Crippen LogP contribution < -0.4 is 4.90 Å². The Morgan fingerprint density at radius 2 is 2.13 bits per heavy atom. The lowest BCUT2D eigenvalue weighted by atomic mass is 10.2. The Labute approximate surface area is 145 Å². The first-order valence-corrected chi connectivity index (χ1v) is 8.57. The number of nitrogens with zero attached hydrogens (tertiary/aromatic N) is 2. The Kier molecular flexibility index (Phi) is 7.23. The van der Waals surface area contributed by atoms with Crippen molar-refractivity contribution >= 4 is 27.5 Å². The first kappa shape index (κ1) is 17.6. The third-order valence-corrected chi connectivity index (χ3v) is 3.87. The van der Waals surface area contributed by atoms with Crippen molar-refractivity contribution in [3.8, 4) is 0 Å². The number of ether oxygens (including phenoxy) is 1. The van der Waals surface area contributed by atoms with Crippen LogP contribution in [-0.4, -0.2) is 30.6 Å². The molecule has 0 N–H and O–H groups in total. The molecule has 0 saturated heterocycles. The van der Waals surface area contributed by atoms with Crippen LogP contribution in [0.4, 0.5) is 5.69 Å². The summed E-state index contributed by atoms with van der Waals surface area (Å²) in [6, 6.07) is 11.3. The molecule has 23 heavy (non-hydrogen) atoms. The maximum absolute atomic E-state index is 12.8. The molecule has 0 atom stereocenters. The summed E-state index contributed by atoms with van der Waals surface area (Å²) in [6.45, 7) is 3.87. The lowest BCUT2D eigenvalue weighted by Crippen LogP contribution is -2.34. The lowest BCUT2D eigenvalue weighted by molar-refractivity contribution is 0.0958. The summed E-state index contributed by atoms with van der Waals surface area (Å²) in [7, 11) is 0. The van der Waals surface area contributed by atoms with E-state index in [1.165, 1.54) is 0 Å². The molecule has 122 valence electrons. The highest BCUT2D eigenvalue weighted by atomic mass is 79.9. The summed E-state index contributed by atoms with van der Waals surface area (Å²) >= 11 is 3.46. The number of aromatic nitrogens is 1. The smallest absolute Gasteiger partial charge is 0.259 e. The van der Waals surface area contributed by atoms with Gasteiger partial charge in [-0.05, 0) is 36.8 Å². The average Bonchev–Trinajstić information content (AvgIpc) is 2.58. The molecule has 0 saturated carbocycles. The minimum atomic E-state index is -0.0738. The Bertz CT molecular complexity index is 619. The molecule has 0 radical (unpaired) electrons. The molecule has 4 nitrogen and oxygen atoms in total. The summed E-state index contributed by atoms with van der Waals surface area (Å²) in [5.41, 5.74) is 1.41. The summed E-state index contributed by atoms with van der Waals surface area (Å²) in [6.07, 6.45) is 5.39. The average molecular weight is 377 g/mol. The fourth-order valence-electron chi connectivity index (χ4n) is 2.14. The van der Waals surface area contributed by atoms with Gasteiger partial charge in [0.05, 0.1) is 12.2 Å². The van der Waals surface area contributed by atoms with Crippen LogP contribution in [0.1, 0.15) is 30.1 Å². The molecule has 1 heterocycles. The lowest BCUT2D eigenvalue weighted by Gasteiger charge is -2.23. The molecule has 2 rings (SSSR count). The Morgan fingerprint density at radius 1 is 1.26 bits per heavy atom. The van der Waals surface area contributed by atoms with E-state index in [9.17, 15) is 4.79 Å². The van der Waals surface area contributed by atoms with Crippen molar-refractivity contribution in [2.75, 3.05) is 24.7 Å². The third-order valence-electron chi connectivity index (χ3n) is 3.37. The van der Waals surface area contributed by atoms with Gasteiger partial charge in [0, 0.05) is 35.7 Å². The molecule has 0 aliphatic carbocycles. The molecule has 1 aromatic carbocycles. The number of hydrogen-bond acceptors (Lipinski definition) is 3. The molecule has 0 unspecified atom stereocenters. The maximum atomic E-state index is 12.8. The molecule has 0 fully saturated rings. The zero-order valence-corrected chi connectivity index (χ0v) is 14.8. The van der Waals surface area contributed by atoms with Gasteiger partial charge in [-0.15, -0.1) is 0 Å². The predicted molar refractivity (Wildman–Crippen MR) is 95.8 cm³/mol. The standard InChI is InChI=1S/C18H21BrN2O2/c1-2-3-11-23-12-10-21(17-8-4-7-16(19)13-17)18(22)15-6-5-9-20-14-15/h4-9,13-14H,2-3,10-12H2,1H3. The van der Waals surface area contributed by atoms with Crippen molar-refractivity contribution in [3.05, 3.63) is 58.8 Å². The number of halogens is 1. The number of unbranched alkanes of at least 4 members (excludes halogenated alkanes) is 1. The van der Waals surface area contributed by atoms with Crippen LogP contribution in [0, 0.1) is 0 Å². The fraction of sp³-hybridized carbons (Fsp3) is 0.333. The third kappa shape index (κ3) is 5.44. The second kappa shape index (κ2) is 9.43. The van der Waals surface area contributed by atoms with Crippen molar-refractivity contribution in [2.45, 2.75) is 19.8 Å². The van der Waals surface area contributed by atoms with Gasteiger partial charge in [-0.1, -0.05) is 35.3 Å². The van der Waals surface area contributed by atoms with E-state index in [1.807, 2.05) is 24.3 Å². The number of rotatable bonds is 8. The van der Waals surface area contributed by atoms with Crippen LogP contribution in [0.5, 0.6) is 0 Å². The number of amides is 1. The van der Waals surface area contributed by atoms with E-state index in [2.05, 4.69) is 27.8 Å². The monoisotopic (exact) mass is 376 g/mol. The van der Waals surface area contributed by atoms with Gasteiger partial charge in [0.2, 0.25) is 0 Å². The topological polar surface area (TPSA) is 42.4 Å². The fourth-order valence-corrected chi connectivity index (χ4v) is 2.53. The second-order valence-corrected chi connectivity index (χ2v) is 6.06. The van der Waals surface area contributed by atoms with E-state index in [0.29, 0.717) is 18.7 Å². The summed E-state index contributed by atoms with van der Waals surface area (Å²) < 4.78 is 6.56. The van der Waals surface area contributed by atoms with Crippen LogP contribution >= 0.6 is 15.9 Å². The number of carbonyl (C=O) groups is 1. The molecule has 1 amide bonds. The minimum absolute atomic E-state index is 0.0738. The molecule has 5 heteroatoms. The second-order valence-electron chi connectivity index (χ2n) is 5.14. The molecule has 0 aliphatic heterocycles. The molecule has 1 aromatic heterocycles.